The van der Waals surface area contributed by atoms with Crippen LogP contribution in [0.4, 0.5) is 0 Å². The van der Waals surface area contributed by atoms with E-state index in [1.165, 1.54) is 0 Å². The molecule has 1 aromatic rings. The second-order valence-electron chi connectivity index (χ2n) is 2.66. The van der Waals surface area contributed by atoms with E-state index in [-0.39, 0.29) is 14.9 Å². The summed E-state index contributed by atoms with van der Waals surface area (Å²) in [6, 6.07) is 8.67. The van der Waals surface area contributed by atoms with E-state index in [0.717, 1.165) is 0 Å². The third-order valence-corrected chi connectivity index (χ3v) is 1.94. The third-order valence-electron chi connectivity index (χ3n) is 1.49. The first kappa shape index (κ1) is 10.8. The predicted molar refractivity (Wildman–Crippen MR) is 52.3 cm³/mol. The summed E-state index contributed by atoms with van der Waals surface area (Å²) in [5, 5.41) is 0. The molecule has 0 aliphatic carbocycles. The van der Waals surface area contributed by atoms with E-state index >= 15 is 0 Å². The van der Waals surface area contributed by atoms with Crippen LogP contribution in [-0.4, -0.2) is 11.8 Å². The molecular weight excluding hydrogens is 201 g/mol. The first-order valence-corrected chi connectivity index (χ1v) is 4.94. The third kappa shape index (κ3) is 3.64. The van der Waals surface area contributed by atoms with E-state index < -0.39 is 11.8 Å². The molecule has 0 amide bonds. The summed E-state index contributed by atoms with van der Waals surface area (Å²) >= 11 is 0. The monoisotopic (exact) mass is 211 g/mol. The first-order valence-electron chi connectivity index (χ1n) is 4.06. The normalized spacial score (nSPS) is 12.4. The fourth-order valence-electron chi connectivity index (χ4n) is 0.870. The quantitative estimate of drug-likeness (QED) is 0.466. The minimum Gasteiger partial charge on any atom is -0.426 e. The molecule has 1 atom stereocenters. The van der Waals surface area contributed by atoms with Crippen molar-refractivity contribution >= 4 is 14.4 Å². The SMILES string of the molecule is NC(CC(=O)Oc1ccccc1)P=O. The van der Waals surface area contributed by atoms with Crippen LogP contribution in [0, 0.1) is 0 Å². The van der Waals surface area contributed by atoms with Gasteiger partial charge in [0.15, 0.2) is 8.46 Å². The van der Waals surface area contributed by atoms with Gasteiger partial charge in [-0.2, -0.15) is 0 Å². The number of carbonyl (C=O) groups excluding carboxylic acids is 1. The number of rotatable bonds is 4. The molecule has 0 aromatic heterocycles. The molecule has 0 aliphatic rings. The maximum absolute atomic E-state index is 11.1. The Labute approximate surface area is 83.3 Å². The Kier molecular flexibility index (Phi) is 4.23. The smallest absolute Gasteiger partial charge is 0.313 e. The molecule has 14 heavy (non-hydrogen) atoms. The number of hydrogen-bond acceptors (Lipinski definition) is 4. The largest absolute Gasteiger partial charge is 0.426 e. The molecular formula is C9H10NO3P. The van der Waals surface area contributed by atoms with Crippen LogP contribution in [0.3, 0.4) is 0 Å². The van der Waals surface area contributed by atoms with Crippen molar-refractivity contribution in [3.05, 3.63) is 30.3 Å². The zero-order valence-corrected chi connectivity index (χ0v) is 8.31. The molecule has 1 rings (SSSR count). The highest BCUT2D eigenvalue weighted by atomic mass is 31.1. The molecule has 1 unspecified atom stereocenters. The predicted octanol–water partition coefficient (Wildman–Crippen LogP) is 1.56. The Morgan fingerprint density at radius 3 is 2.64 bits per heavy atom. The van der Waals surface area contributed by atoms with Crippen molar-refractivity contribution in [2.24, 2.45) is 5.73 Å². The molecule has 0 radical (unpaired) electrons. The summed E-state index contributed by atoms with van der Waals surface area (Å²) in [4.78, 5) is 11.1. The number of para-hydroxylation sites is 1. The van der Waals surface area contributed by atoms with E-state index in [2.05, 4.69) is 0 Å². The standard InChI is InChI=1S/C9H10NO3P/c10-8(14-12)6-9(11)13-7-4-2-1-3-5-7/h1-5,8H,6,10H2. The molecule has 0 heterocycles. The van der Waals surface area contributed by atoms with Gasteiger partial charge in [0.05, 0.1) is 12.2 Å². The number of esters is 1. The number of carbonyl (C=O) groups is 1. The van der Waals surface area contributed by atoms with Crippen LogP contribution >= 0.6 is 8.46 Å². The second kappa shape index (κ2) is 5.47. The Hall–Kier alpha value is -1.25. The van der Waals surface area contributed by atoms with Crippen molar-refractivity contribution in [1.29, 1.82) is 0 Å². The molecule has 0 saturated carbocycles. The van der Waals surface area contributed by atoms with Gasteiger partial charge in [0.25, 0.3) is 0 Å². The number of benzene rings is 1. The van der Waals surface area contributed by atoms with Gasteiger partial charge in [-0.3, -0.25) is 9.36 Å². The van der Waals surface area contributed by atoms with E-state index in [0.29, 0.717) is 5.75 Å². The highest BCUT2D eigenvalue weighted by Gasteiger charge is 2.10. The summed E-state index contributed by atoms with van der Waals surface area (Å²) in [6.07, 6.45) is -0.0556. The van der Waals surface area contributed by atoms with Crippen LogP contribution in [0.2, 0.25) is 0 Å². The summed E-state index contributed by atoms with van der Waals surface area (Å²) in [5.74, 6) is -0.703. The van der Waals surface area contributed by atoms with Crippen molar-refractivity contribution in [3.63, 3.8) is 0 Å². The van der Waals surface area contributed by atoms with Crippen molar-refractivity contribution < 1.29 is 14.1 Å². The minimum absolute atomic E-state index is 0.0556. The lowest BCUT2D eigenvalue weighted by molar-refractivity contribution is -0.134. The van der Waals surface area contributed by atoms with Crippen LogP contribution in [0.1, 0.15) is 6.42 Å². The van der Waals surface area contributed by atoms with Gasteiger partial charge >= 0.3 is 5.97 Å². The van der Waals surface area contributed by atoms with Crippen molar-refractivity contribution in [1.82, 2.24) is 0 Å². The van der Waals surface area contributed by atoms with Crippen molar-refractivity contribution in [2.45, 2.75) is 12.2 Å². The summed E-state index contributed by atoms with van der Waals surface area (Å²) in [7, 11) is -0.249. The Bertz CT molecular complexity index is 315. The zero-order chi connectivity index (χ0) is 10.4. The van der Waals surface area contributed by atoms with E-state index in [4.69, 9.17) is 10.5 Å². The average molecular weight is 211 g/mol. The molecule has 0 saturated heterocycles. The first-order chi connectivity index (χ1) is 6.72. The molecule has 1 aromatic carbocycles. The summed E-state index contributed by atoms with van der Waals surface area (Å²) in [5.41, 5.74) is 5.30. The van der Waals surface area contributed by atoms with Gasteiger partial charge in [-0.05, 0) is 12.1 Å². The lowest BCUT2D eigenvalue weighted by atomic mass is 10.3. The maximum Gasteiger partial charge on any atom is 0.313 e. The lowest BCUT2D eigenvalue weighted by Crippen LogP contribution is -2.20. The van der Waals surface area contributed by atoms with Crippen LogP contribution in [-0.2, 0) is 9.36 Å². The van der Waals surface area contributed by atoms with Gasteiger partial charge in [-0.15, -0.1) is 0 Å². The van der Waals surface area contributed by atoms with Crippen LogP contribution in [0.15, 0.2) is 30.3 Å². The molecule has 0 bridgehead atoms. The molecule has 74 valence electrons. The van der Waals surface area contributed by atoms with Gasteiger partial charge in [0.2, 0.25) is 0 Å². The number of hydrogen-bond donors (Lipinski definition) is 1. The highest BCUT2D eigenvalue weighted by Crippen LogP contribution is 2.11. The molecule has 2 N–H and O–H groups in total. The molecule has 4 nitrogen and oxygen atoms in total. The molecule has 0 fully saturated rings. The van der Waals surface area contributed by atoms with Gasteiger partial charge in [0, 0.05) is 0 Å². The summed E-state index contributed by atoms with van der Waals surface area (Å²) < 4.78 is 15.2. The average Bonchev–Trinajstić information content (AvgIpc) is 2.19. The highest BCUT2D eigenvalue weighted by molar-refractivity contribution is 7.24. The van der Waals surface area contributed by atoms with Gasteiger partial charge < -0.3 is 10.5 Å². The van der Waals surface area contributed by atoms with E-state index in [1.54, 1.807) is 24.3 Å². The molecule has 5 heteroatoms. The van der Waals surface area contributed by atoms with Gasteiger partial charge in [-0.25, -0.2) is 0 Å². The van der Waals surface area contributed by atoms with E-state index in [1.807, 2.05) is 6.07 Å². The zero-order valence-electron chi connectivity index (χ0n) is 7.42. The van der Waals surface area contributed by atoms with Crippen molar-refractivity contribution in [3.8, 4) is 5.75 Å². The van der Waals surface area contributed by atoms with Crippen LogP contribution in [0.5, 0.6) is 5.75 Å². The van der Waals surface area contributed by atoms with E-state index in [9.17, 15) is 9.36 Å². The Balaban J connectivity index is 2.46. The Morgan fingerprint density at radius 1 is 1.43 bits per heavy atom. The van der Waals surface area contributed by atoms with Crippen LogP contribution in [0.25, 0.3) is 0 Å². The lowest BCUT2D eigenvalue weighted by Gasteiger charge is -2.04. The topological polar surface area (TPSA) is 69.4 Å². The van der Waals surface area contributed by atoms with Gasteiger partial charge in [0.1, 0.15) is 5.75 Å². The van der Waals surface area contributed by atoms with Crippen molar-refractivity contribution in [2.75, 3.05) is 0 Å². The van der Waals surface area contributed by atoms with Gasteiger partial charge in [-0.1, -0.05) is 18.2 Å². The van der Waals surface area contributed by atoms with Crippen LogP contribution < -0.4 is 10.5 Å². The summed E-state index contributed by atoms with van der Waals surface area (Å²) in [6.45, 7) is 0. The fraction of sp³-hybridized carbons (Fsp3) is 0.222. The molecule has 0 spiro atoms. The Morgan fingerprint density at radius 2 is 2.07 bits per heavy atom. The molecule has 0 aliphatic heterocycles. The maximum atomic E-state index is 11.1. The number of ether oxygens (including phenoxy) is 1. The minimum atomic E-state index is -0.689. The number of nitrogens with two attached hydrogens (primary N) is 1. The fourth-order valence-corrected chi connectivity index (χ4v) is 1.09. The second-order valence-corrected chi connectivity index (χ2v) is 3.54.